The van der Waals surface area contributed by atoms with Crippen molar-refractivity contribution in [2.24, 2.45) is 0 Å². The molecule has 1 amide bonds. The Kier molecular flexibility index (Phi) is 6.35. The number of halogens is 4. The highest BCUT2D eigenvalue weighted by molar-refractivity contribution is 6.31. The lowest BCUT2D eigenvalue weighted by Gasteiger charge is -2.15. The summed E-state index contributed by atoms with van der Waals surface area (Å²) < 4.78 is 44.3. The Labute approximate surface area is 179 Å². The molecule has 0 atom stereocenters. The van der Waals surface area contributed by atoms with E-state index in [4.69, 9.17) is 22.1 Å². The minimum atomic E-state index is -4.62. The molecule has 0 aliphatic heterocycles. The predicted octanol–water partition coefficient (Wildman–Crippen LogP) is 4.24. The van der Waals surface area contributed by atoms with E-state index in [-0.39, 0.29) is 28.6 Å². The summed E-state index contributed by atoms with van der Waals surface area (Å²) in [5.41, 5.74) is 10.3. The van der Waals surface area contributed by atoms with Crippen molar-refractivity contribution in [1.29, 1.82) is 0 Å². The molecule has 8 nitrogen and oxygen atoms in total. The van der Waals surface area contributed by atoms with Gasteiger partial charge in [-0.05, 0) is 30.3 Å². The maximum Gasteiger partial charge on any atom is 0.417 e. The summed E-state index contributed by atoms with van der Waals surface area (Å²) in [5, 5.41) is 2.25. The number of methoxy groups -OCH3 is 1. The molecule has 0 saturated carbocycles. The van der Waals surface area contributed by atoms with Crippen LogP contribution in [0.4, 0.5) is 36.2 Å². The quantitative estimate of drug-likeness (QED) is 0.413. The first-order valence-electron chi connectivity index (χ1n) is 8.64. The number of amides is 1. The van der Waals surface area contributed by atoms with Crippen molar-refractivity contribution >= 4 is 40.5 Å². The number of hydrogen-bond acceptors (Lipinski definition) is 7. The number of alkyl halides is 3. The van der Waals surface area contributed by atoms with Crippen molar-refractivity contribution in [3.05, 3.63) is 64.9 Å². The number of aromatic nitrogens is 2. The fourth-order valence-corrected chi connectivity index (χ4v) is 2.79. The van der Waals surface area contributed by atoms with Crippen LogP contribution in [-0.4, -0.2) is 23.0 Å². The number of carbonyl (C=O) groups excluding carboxylic acids is 1. The van der Waals surface area contributed by atoms with Gasteiger partial charge in [-0.15, -0.1) is 0 Å². The number of anilines is 4. The van der Waals surface area contributed by atoms with E-state index in [1.807, 2.05) is 0 Å². The number of carbonyl (C=O) groups is 1. The Morgan fingerprint density at radius 1 is 1.13 bits per heavy atom. The lowest BCUT2D eigenvalue weighted by Crippen LogP contribution is -2.30. The second kappa shape index (κ2) is 8.96. The molecule has 2 aromatic carbocycles. The molecule has 0 unspecified atom stereocenters. The first-order valence-corrected chi connectivity index (χ1v) is 9.02. The Morgan fingerprint density at radius 2 is 1.84 bits per heavy atom. The largest absolute Gasteiger partial charge is 0.496 e. The van der Waals surface area contributed by atoms with E-state index in [1.165, 1.54) is 13.2 Å². The van der Waals surface area contributed by atoms with Crippen molar-refractivity contribution < 1.29 is 22.7 Å². The van der Waals surface area contributed by atoms with E-state index in [0.29, 0.717) is 5.75 Å². The normalized spacial score (nSPS) is 11.0. The lowest BCUT2D eigenvalue weighted by atomic mass is 10.2. The van der Waals surface area contributed by atoms with Gasteiger partial charge in [0.05, 0.1) is 23.3 Å². The second-order valence-electron chi connectivity index (χ2n) is 6.08. The zero-order valence-corrected chi connectivity index (χ0v) is 16.7. The molecule has 1 heterocycles. The summed E-state index contributed by atoms with van der Waals surface area (Å²) >= 11 is 5.63. The molecule has 12 heteroatoms. The number of benzene rings is 2. The van der Waals surface area contributed by atoms with Crippen molar-refractivity contribution in [2.45, 2.75) is 6.18 Å². The summed E-state index contributed by atoms with van der Waals surface area (Å²) in [4.78, 5) is 20.2. The molecule has 3 rings (SSSR count). The highest BCUT2D eigenvalue weighted by Crippen LogP contribution is 2.37. The Morgan fingerprint density at radius 3 is 2.55 bits per heavy atom. The van der Waals surface area contributed by atoms with Gasteiger partial charge in [0.15, 0.2) is 11.6 Å². The number of ether oxygens (including phenoxy) is 1. The molecule has 0 bridgehead atoms. The number of hydrazine groups is 1. The minimum Gasteiger partial charge on any atom is -0.496 e. The van der Waals surface area contributed by atoms with Crippen LogP contribution in [0.5, 0.6) is 5.75 Å². The molecule has 31 heavy (non-hydrogen) atoms. The number of nitrogen functional groups attached to an aromatic ring is 1. The molecular formula is C19H16ClF3N6O2. The summed E-state index contributed by atoms with van der Waals surface area (Å²) in [5.74, 6) is -0.0919. The van der Waals surface area contributed by atoms with Crippen molar-refractivity contribution in [1.82, 2.24) is 15.4 Å². The highest BCUT2D eigenvalue weighted by Gasteiger charge is 2.33. The van der Waals surface area contributed by atoms with Gasteiger partial charge in [-0.3, -0.25) is 15.6 Å². The monoisotopic (exact) mass is 452 g/mol. The van der Waals surface area contributed by atoms with Gasteiger partial charge in [0.25, 0.3) is 5.91 Å². The zero-order valence-electron chi connectivity index (χ0n) is 15.9. The Balaban J connectivity index is 1.77. The van der Waals surface area contributed by atoms with Gasteiger partial charge in [-0.1, -0.05) is 23.7 Å². The second-order valence-corrected chi connectivity index (χ2v) is 6.49. The number of nitrogens with one attached hydrogen (secondary N) is 3. The number of rotatable bonds is 6. The third-order valence-corrected chi connectivity index (χ3v) is 4.39. The van der Waals surface area contributed by atoms with E-state index in [9.17, 15) is 18.0 Å². The maximum absolute atomic E-state index is 13.1. The van der Waals surface area contributed by atoms with Crippen LogP contribution in [-0.2, 0) is 6.18 Å². The van der Waals surface area contributed by atoms with Crippen LogP contribution < -0.4 is 26.6 Å². The fourth-order valence-electron chi connectivity index (χ4n) is 2.57. The first kappa shape index (κ1) is 22.0. The zero-order chi connectivity index (χ0) is 22.6. The van der Waals surface area contributed by atoms with Crippen LogP contribution in [0.2, 0.25) is 5.02 Å². The molecule has 162 valence electrons. The van der Waals surface area contributed by atoms with Gasteiger partial charge in [-0.2, -0.15) is 13.2 Å². The van der Waals surface area contributed by atoms with Crippen molar-refractivity contribution in [3.8, 4) is 5.75 Å². The van der Waals surface area contributed by atoms with Crippen LogP contribution >= 0.6 is 11.6 Å². The van der Waals surface area contributed by atoms with E-state index < -0.39 is 22.7 Å². The molecule has 1 aromatic heterocycles. The van der Waals surface area contributed by atoms with Crippen molar-refractivity contribution in [2.75, 3.05) is 23.6 Å². The van der Waals surface area contributed by atoms with Gasteiger partial charge in [0.1, 0.15) is 17.8 Å². The Bertz CT molecular complexity index is 1110. The molecule has 0 spiro atoms. The molecular weight excluding hydrogens is 437 g/mol. The van der Waals surface area contributed by atoms with Gasteiger partial charge in [-0.25, -0.2) is 9.97 Å². The van der Waals surface area contributed by atoms with Crippen LogP contribution in [0.3, 0.4) is 0 Å². The highest BCUT2D eigenvalue weighted by atomic mass is 35.5. The topological polar surface area (TPSA) is 114 Å². The van der Waals surface area contributed by atoms with E-state index in [0.717, 1.165) is 18.5 Å². The number of para-hydroxylation sites is 1. The SMILES string of the molecule is COc1ccccc1C(=O)NNc1ncnc(Nc2ccc(Cl)c(C(F)(F)F)c2)c1N. The predicted molar refractivity (Wildman–Crippen MR) is 110 cm³/mol. The van der Waals surface area contributed by atoms with Gasteiger partial charge in [0, 0.05) is 5.69 Å². The summed E-state index contributed by atoms with van der Waals surface area (Å²) in [6.07, 6.45) is -3.50. The molecule has 0 saturated heterocycles. The van der Waals surface area contributed by atoms with Crippen LogP contribution in [0, 0.1) is 0 Å². The average Bonchev–Trinajstić information content (AvgIpc) is 2.74. The fraction of sp³-hybridized carbons (Fsp3) is 0.105. The maximum atomic E-state index is 13.1. The van der Waals surface area contributed by atoms with Gasteiger partial charge >= 0.3 is 6.18 Å². The van der Waals surface area contributed by atoms with Gasteiger partial charge < -0.3 is 15.8 Å². The van der Waals surface area contributed by atoms with Crippen molar-refractivity contribution in [3.63, 3.8) is 0 Å². The van der Waals surface area contributed by atoms with Gasteiger partial charge in [0.2, 0.25) is 0 Å². The number of nitrogens with zero attached hydrogens (tertiary/aromatic N) is 2. The van der Waals surface area contributed by atoms with Crippen LogP contribution in [0.15, 0.2) is 48.8 Å². The molecule has 3 aromatic rings. The summed E-state index contributed by atoms with van der Waals surface area (Å²) in [6, 6.07) is 9.85. The standard InChI is InChI=1S/C19H16ClF3N6O2/c1-31-14-5-3-2-4-11(14)18(30)29-28-17-15(24)16(25-9-26-17)27-10-6-7-13(20)12(8-10)19(21,22)23/h2-9H,24H2,1H3,(H,29,30)(H2,25,26,27,28). The molecule has 0 radical (unpaired) electrons. The third kappa shape index (κ3) is 5.07. The molecule has 0 aliphatic carbocycles. The smallest absolute Gasteiger partial charge is 0.417 e. The van der Waals surface area contributed by atoms with E-state index >= 15 is 0 Å². The molecule has 0 fully saturated rings. The third-order valence-electron chi connectivity index (χ3n) is 4.06. The average molecular weight is 453 g/mol. The van der Waals surface area contributed by atoms with E-state index in [1.54, 1.807) is 24.3 Å². The first-order chi connectivity index (χ1) is 14.7. The molecule has 0 aliphatic rings. The molecule has 5 N–H and O–H groups in total. The lowest BCUT2D eigenvalue weighted by molar-refractivity contribution is -0.137. The van der Waals surface area contributed by atoms with E-state index in [2.05, 4.69) is 26.1 Å². The van der Waals surface area contributed by atoms with Crippen LogP contribution in [0.1, 0.15) is 15.9 Å². The summed E-state index contributed by atoms with van der Waals surface area (Å²) in [7, 11) is 1.43. The number of nitrogens with two attached hydrogens (primary N) is 1. The Hall–Kier alpha value is -3.73. The summed E-state index contributed by atoms with van der Waals surface area (Å²) in [6.45, 7) is 0. The number of hydrogen-bond donors (Lipinski definition) is 4. The van der Waals surface area contributed by atoms with Crippen LogP contribution in [0.25, 0.3) is 0 Å². The minimum absolute atomic E-state index is 0.0273.